The van der Waals surface area contributed by atoms with Crippen LogP contribution in [0.2, 0.25) is 0 Å². The van der Waals surface area contributed by atoms with Gasteiger partial charge in [0.1, 0.15) is 5.76 Å². The largest absolute Gasteiger partial charge is 0.469 e. The van der Waals surface area contributed by atoms with Crippen molar-refractivity contribution in [2.45, 2.75) is 25.5 Å². The summed E-state index contributed by atoms with van der Waals surface area (Å²) in [7, 11) is 0. The lowest BCUT2D eigenvalue weighted by atomic mass is 10.0. The molecule has 0 saturated heterocycles. The van der Waals surface area contributed by atoms with E-state index in [0.29, 0.717) is 13.2 Å². The molecule has 2 nitrogen and oxygen atoms in total. The van der Waals surface area contributed by atoms with E-state index >= 15 is 0 Å². The number of benzene rings is 1. The molecule has 17 heavy (non-hydrogen) atoms. The normalized spacial score (nSPS) is 15.9. The van der Waals surface area contributed by atoms with E-state index in [9.17, 15) is 0 Å². The third-order valence-electron chi connectivity index (χ3n) is 3.21. The average molecular weight is 249 g/mol. The molecule has 2 aromatic rings. The lowest BCUT2D eigenvalue weighted by molar-refractivity contribution is 0.134. The van der Waals surface area contributed by atoms with Crippen LogP contribution in [0, 0.1) is 6.92 Å². The Balaban J connectivity index is 1.97. The molecular formula is C14H13ClO2. The summed E-state index contributed by atoms with van der Waals surface area (Å²) >= 11 is 6.48. The van der Waals surface area contributed by atoms with Crippen molar-refractivity contribution in [2.75, 3.05) is 0 Å². The Morgan fingerprint density at radius 3 is 2.76 bits per heavy atom. The quantitative estimate of drug-likeness (QED) is 0.751. The summed E-state index contributed by atoms with van der Waals surface area (Å²) in [6.45, 7) is 3.34. The van der Waals surface area contributed by atoms with Gasteiger partial charge in [0.2, 0.25) is 0 Å². The van der Waals surface area contributed by atoms with Crippen molar-refractivity contribution >= 4 is 11.6 Å². The van der Waals surface area contributed by atoms with Crippen LogP contribution >= 0.6 is 11.6 Å². The monoisotopic (exact) mass is 248 g/mol. The smallest absolute Gasteiger partial charge is 0.105 e. The molecule has 1 aliphatic rings. The second-order valence-corrected chi connectivity index (χ2v) is 4.75. The first-order chi connectivity index (χ1) is 8.25. The molecule has 3 heteroatoms. The number of furan rings is 1. The number of rotatable bonds is 2. The number of aryl methyl sites for hydroxylation is 1. The molecule has 1 atom stereocenters. The fraction of sp³-hybridized carbons (Fsp3) is 0.286. The minimum Gasteiger partial charge on any atom is -0.469 e. The summed E-state index contributed by atoms with van der Waals surface area (Å²) in [5, 5.41) is -0.153. The third-order valence-corrected chi connectivity index (χ3v) is 3.70. The molecule has 0 spiro atoms. The molecule has 2 heterocycles. The van der Waals surface area contributed by atoms with Gasteiger partial charge in [0, 0.05) is 5.56 Å². The Morgan fingerprint density at radius 2 is 2.00 bits per heavy atom. The highest BCUT2D eigenvalue weighted by molar-refractivity contribution is 6.22. The van der Waals surface area contributed by atoms with Crippen LogP contribution in [0.15, 0.2) is 34.9 Å². The summed E-state index contributed by atoms with van der Waals surface area (Å²) in [5.74, 6) is 0.877. The SMILES string of the molecule is Cc1occc1C(Cl)c1ccc2c(c1)COC2. The van der Waals surface area contributed by atoms with Crippen LogP contribution in [0.4, 0.5) is 0 Å². The van der Waals surface area contributed by atoms with Crippen LogP contribution < -0.4 is 0 Å². The van der Waals surface area contributed by atoms with Gasteiger partial charge in [-0.2, -0.15) is 0 Å². The maximum Gasteiger partial charge on any atom is 0.105 e. The van der Waals surface area contributed by atoms with Gasteiger partial charge in [-0.1, -0.05) is 18.2 Å². The van der Waals surface area contributed by atoms with Gasteiger partial charge in [-0.3, -0.25) is 0 Å². The Morgan fingerprint density at radius 1 is 1.18 bits per heavy atom. The summed E-state index contributed by atoms with van der Waals surface area (Å²) in [6.07, 6.45) is 1.68. The minimum atomic E-state index is -0.153. The van der Waals surface area contributed by atoms with E-state index in [4.69, 9.17) is 20.8 Å². The number of ether oxygens (including phenoxy) is 1. The number of hydrogen-bond donors (Lipinski definition) is 0. The van der Waals surface area contributed by atoms with Crippen molar-refractivity contribution in [2.24, 2.45) is 0 Å². The van der Waals surface area contributed by atoms with E-state index in [2.05, 4.69) is 18.2 Å². The molecule has 0 N–H and O–H groups in total. The van der Waals surface area contributed by atoms with Gasteiger partial charge < -0.3 is 9.15 Å². The summed E-state index contributed by atoms with van der Waals surface area (Å²) in [5.41, 5.74) is 4.64. The molecule has 88 valence electrons. The first-order valence-corrected chi connectivity index (χ1v) is 6.07. The topological polar surface area (TPSA) is 22.4 Å². The fourth-order valence-corrected chi connectivity index (χ4v) is 2.55. The first-order valence-electron chi connectivity index (χ1n) is 5.63. The van der Waals surface area contributed by atoms with Crippen molar-refractivity contribution in [3.05, 3.63) is 58.5 Å². The van der Waals surface area contributed by atoms with Gasteiger partial charge in [0.25, 0.3) is 0 Å². The Bertz CT molecular complexity index is 545. The Labute approximate surface area is 105 Å². The van der Waals surface area contributed by atoms with Crippen LogP contribution in [-0.2, 0) is 18.0 Å². The van der Waals surface area contributed by atoms with Crippen LogP contribution in [-0.4, -0.2) is 0 Å². The van der Waals surface area contributed by atoms with Crippen molar-refractivity contribution in [3.8, 4) is 0 Å². The third kappa shape index (κ3) is 1.88. The number of hydrogen-bond acceptors (Lipinski definition) is 2. The van der Waals surface area contributed by atoms with Gasteiger partial charge in [-0.25, -0.2) is 0 Å². The highest BCUT2D eigenvalue weighted by atomic mass is 35.5. The summed E-state index contributed by atoms with van der Waals surface area (Å²) < 4.78 is 10.7. The van der Waals surface area contributed by atoms with E-state index in [1.807, 2.05) is 13.0 Å². The molecule has 1 aromatic carbocycles. The minimum absolute atomic E-state index is 0.153. The predicted octanol–water partition coefficient (Wildman–Crippen LogP) is 3.95. The molecule has 0 amide bonds. The van der Waals surface area contributed by atoms with Crippen LogP contribution in [0.5, 0.6) is 0 Å². The molecule has 0 bridgehead atoms. The molecule has 0 aliphatic carbocycles. The summed E-state index contributed by atoms with van der Waals surface area (Å²) in [6, 6.07) is 8.23. The number of halogens is 1. The molecule has 0 saturated carbocycles. The lowest BCUT2D eigenvalue weighted by Gasteiger charge is -2.10. The zero-order chi connectivity index (χ0) is 11.8. The molecule has 1 aliphatic heterocycles. The van der Waals surface area contributed by atoms with E-state index in [1.165, 1.54) is 11.1 Å². The average Bonchev–Trinajstić information content (AvgIpc) is 2.95. The van der Waals surface area contributed by atoms with Gasteiger partial charge in [-0.05, 0) is 29.7 Å². The molecule has 1 aromatic heterocycles. The molecular weight excluding hydrogens is 236 g/mol. The van der Waals surface area contributed by atoms with Crippen LogP contribution in [0.3, 0.4) is 0 Å². The Kier molecular flexibility index (Phi) is 2.69. The van der Waals surface area contributed by atoms with Gasteiger partial charge in [0.05, 0.1) is 24.9 Å². The zero-order valence-corrected chi connectivity index (χ0v) is 10.3. The van der Waals surface area contributed by atoms with Crippen molar-refractivity contribution < 1.29 is 9.15 Å². The molecule has 3 rings (SSSR count). The standard InChI is InChI=1S/C14H13ClO2/c1-9-13(4-5-17-9)14(15)10-2-3-11-7-16-8-12(11)6-10/h2-6,14H,7-8H2,1H3. The molecule has 0 radical (unpaired) electrons. The number of fused-ring (bicyclic) bond motifs is 1. The highest BCUT2D eigenvalue weighted by Crippen LogP contribution is 2.33. The first kappa shape index (κ1) is 10.9. The van der Waals surface area contributed by atoms with Gasteiger partial charge >= 0.3 is 0 Å². The summed E-state index contributed by atoms with van der Waals surface area (Å²) in [4.78, 5) is 0. The molecule has 1 unspecified atom stereocenters. The van der Waals surface area contributed by atoms with E-state index in [0.717, 1.165) is 16.9 Å². The lowest BCUT2D eigenvalue weighted by Crippen LogP contribution is -1.95. The second kappa shape index (κ2) is 4.21. The predicted molar refractivity (Wildman–Crippen MR) is 66.1 cm³/mol. The van der Waals surface area contributed by atoms with Crippen molar-refractivity contribution in [3.63, 3.8) is 0 Å². The molecule has 0 fully saturated rings. The van der Waals surface area contributed by atoms with Crippen molar-refractivity contribution in [1.29, 1.82) is 0 Å². The van der Waals surface area contributed by atoms with Crippen LogP contribution in [0.25, 0.3) is 0 Å². The van der Waals surface area contributed by atoms with E-state index < -0.39 is 0 Å². The van der Waals surface area contributed by atoms with Gasteiger partial charge in [0.15, 0.2) is 0 Å². The van der Waals surface area contributed by atoms with Crippen molar-refractivity contribution in [1.82, 2.24) is 0 Å². The Hall–Kier alpha value is -1.25. The van der Waals surface area contributed by atoms with Gasteiger partial charge in [-0.15, -0.1) is 11.6 Å². The second-order valence-electron chi connectivity index (χ2n) is 4.32. The maximum absolute atomic E-state index is 6.48. The highest BCUT2D eigenvalue weighted by Gasteiger charge is 2.18. The zero-order valence-electron chi connectivity index (χ0n) is 9.57. The van der Waals surface area contributed by atoms with E-state index in [1.54, 1.807) is 6.26 Å². The number of alkyl halides is 1. The maximum atomic E-state index is 6.48. The fourth-order valence-electron chi connectivity index (χ4n) is 2.19. The van der Waals surface area contributed by atoms with E-state index in [-0.39, 0.29) is 5.38 Å². The van der Waals surface area contributed by atoms with Crippen LogP contribution in [0.1, 0.15) is 33.4 Å².